The maximum Gasteiger partial charge on any atom is 0.274 e. The van der Waals surface area contributed by atoms with E-state index < -0.39 is 18.1 Å². The zero-order valence-corrected chi connectivity index (χ0v) is 17.7. The summed E-state index contributed by atoms with van der Waals surface area (Å²) in [5, 5.41) is 13.0. The summed E-state index contributed by atoms with van der Waals surface area (Å²) in [6, 6.07) is 4.69. The molecule has 0 aliphatic heterocycles. The van der Waals surface area contributed by atoms with Crippen LogP contribution in [-0.2, 0) is 4.74 Å². The van der Waals surface area contributed by atoms with Gasteiger partial charge in [-0.15, -0.1) is 0 Å². The Labute approximate surface area is 182 Å². The van der Waals surface area contributed by atoms with Gasteiger partial charge in [-0.2, -0.15) is 9.61 Å². The molecule has 0 bridgehead atoms. The summed E-state index contributed by atoms with van der Waals surface area (Å²) in [5.74, 6) is 0.513. The second-order valence-corrected chi connectivity index (χ2v) is 8.08. The number of methoxy groups -OCH3 is 1. The average Bonchev–Trinajstić information content (AvgIpc) is 3.46. The van der Waals surface area contributed by atoms with Gasteiger partial charge in [-0.3, -0.25) is 9.59 Å². The Bertz CT molecular complexity index is 1240. The largest absolute Gasteiger partial charge is 0.379 e. The van der Waals surface area contributed by atoms with E-state index in [-0.39, 0.29) is 23.3 Å². The van der Waals surface area contributed by atoms with Crippen LogP contribution in [0, 0.1) is 0 Å². The highest BCUT2D eigenvalue weighted by molar-refractivity contribution is 6.00. The number of aromatic nitrogens is 4. The molecule has 11 heteroatoms. The lowest BCUT2D eigenvalue weighted by atomic mass is 9.90. The number of nitrogens with zero attached hydrogens (tertiary/aromatic N) is 4. The molecule has 4 atom stereocenters. The first-order valence-electron chi connectivity index (χ1n) is 10.5. The molecule has 3 aromatic rings. The molecule has 0 radical (unpaired) electrons. The molecule has 0 aromatic carbocycles. The number of fused-ring (bicyclic) bond motifs is 1. The maximum atomic E-state index is 13.6. The van der Waals surface area contributed by atoms with Crippen molar-refractivity contribution in [2.45, 2.75) is 43.6 Å². The highest BCUT2D eigenvalue weighted by Crippen LogP contribution is 2.37. The number of halogens is 1. The normalized spacial score (nSPS) is 24.1. The van der Waals surface area contributed by atoms with Gasteiger partial charge in [-0.05, 0) is 31.4 Å². The van der Waals surface area contributed by atoms with Crippen LogP contribution in [0.3, 0.4) is 0 Å². The van der Waals surface area contributed by atoms with Gasteiger partial charge in [-0.1, -0.05) is 0 Å². The fourth-order valence-corrected chi connectivity index (χ4v) is 3.94. The van der Waals surface area contributed by atoms with Crippen molar-refractivity contribution in [2.24, 2.45) is 0 Å². The number of carbonyl (C=O) groups is 1. The van der Waals surface area contributed by atoms with Crippen LogP contribution in [0.5, 0.6) is 0 Å². The minimum atomic E-state index is -1.02. The standard InChI is InChI=1S/C21H24FN7O3/c1-23-18-9-17(25-14-4-3-7-28(21(14)31)15-8-16(15)32-2)27-19-11(10-24-29(18)19)20(30)26-13-6-5-12(13)22/h3-4,7,9-10,12-13,15-16,23H,5-6,8H2,1-2H3,(H,25,27)(H,26,30)/t12-,13-,15?,16+/m0/s1. The molecule has 0 saturated heterocycles. The van der Waals surface area contributed by atoms with Gasteiger partial charge < -0.3 is 25.3 Å². The van der Waals surface area contributed by atoms with Crippen molar-refractivity contribution in [1.82, 2.24) is 24.5 Å². The number of rotatable bonds is 7. The van der Waals surface area contributed by atoms with Gasteiger partial charge in [0.1, 0.15) is 29.1 Å². The van der Waals surface area contributed by atoms with Crippen LogP contribution < -0.4 is 21.5 Å². The molecular formula is C21H24FN7O3. The smallest absolute Gasteiger partial charge is 0.274 e. The van der Waals surface area contributed by atoms with Gasteiger partial charge in [0, 0.05) is 26.4 Å². The first-order valence-corrected chi connectivity index (χ1v) is 10.5. The third-order valence-corrected chi connectivity index (χ3v) is 6.08. The third-order valence-electron chi connectivity index (χ3n) is 6.08. The van der Waals surface area contributed by atoms with Crippen LogP contribution in [0.1, 0.15) is 35.7 Å². The summed E-state index contributed by atoms with van der Waals surface area (Å²) in [7, 11) is 3.35. The van der Waals surface area contributed by atoms with E-state index in [9.17, 15) is 14.0 Å². The molecule has 32 heavy (non-hydrogen) atoms. The number of nitrogens with one attached hydrogen (secondary N) is 3. The Kier molecular flexibility index (Phi) is 5.04. The number of amides is 1. The van der Waals surface area contributed by atoms with Crippen molar-refractivity contribution < 1.29 is 13.9 Å². The van der Waals surface area contributed by atoms with E-state index in [2.05, 4.69) is 26.0 Å². The van der Waals surface area contributed by atoms with E-state index in [0.717, 1.165) is 6.42 Å². The van der Waals surface area contributed by atoms with E-state index in [4.69, 9.17) is 4.74 Å². The number of hydrogen-bond acceptors (Lipinski definition) is 7. The van der Waals surface area contributed by atoms with Gasteiger partial charge in [0.05, 0.1) is 24.4 Å². The highest BCUT2D eigenvalue weighted by atomic mass is 19.1. The predicted octanol–water partition coefficient (Wildman–Crippen LogP) is 1.87. The number of anilines is 3. The second-order valence-electron chi connectivity index (χ2n) is 8.08. The summed E-state index contributed by atoms with van der Waals surface area (Å²) >= 11 is 0. The lowest BCUT2D eigenvalue weighted by Crippen LogP contribution is -2.48. The van der Waals surface area contributed by atoms with Gasteiger partial charge in [0.25, 0.3) is 11.5 Å². The Morgan fingerprint density at radius 2 is 2.19 bits per heavy atom. The highest BCUT2D eigenvalue weighted by Gasteiger charge is 2.39. The average molecular weight is 441 g/mol. The van der Waals surface area contributed by atoms with Crippen molar-refractivity contribution in [3.63, 3.8) is 0 Å². The quantitative estimate of drug-likeness (QED) is 0.513. The minimum Gasteiger partial charge on any atom is -0.379 e. The second kappa shape index (κ2) is 7.90. The Morgan fingerprint density at radius 3 is 2.84 bits per heavy atom. The van der Waals surface area contributed by atoms with E-state index in [1.165, 1.54) is 10.7 Å². The monoisotopic (exact) mass is 441 g/mol. The molecule has 2 aliphatic carbocycles. The maximum absolute atomic E-state index is 13.6. The van der Waals surface area contributed by atoms with Gasteiger partial charge in [-0.25, -0.2) is 9.37 Å². The van der Waals surface area contributed by atoms with Crippen molar-refractivity contribution in [3.8, 4) is 0 Å². The predicted molar refractivity (Wildman–Crippen MR) is 116 cm³/mol. The van der Waals surface area contributed by atoms with Crippen LogP contribution in [0.25, 0.3) is 5.65 Å². The summed E-state index contributed by atoms with van der Waals surface area (Å²) in [6.07, 6.45) is 4.02. The van der Waals surface area contributed by atoms with Gasteiger partial charge >= 0.3 is 0 Å². The Balaban J connectivity index is 1.46. The third kappa shape index (κ3) is 3.48. The molecule has 2 fully saturated rings. The van der Waals surface area contributed by atoms with Crippen LogP contribution in [0.4, 0.5) is 21.7 Å². The molecule has 2 saturated carbocycles. The summed E-state index contributed by atoms with van der Waals surface area (Å²) < 4.78 is 22.1. The molecule has 2 aliphatic rings. The van der Waals surface area contributed by atoms with Gasteiger partial charge in [0.15, 0.2) is 5.65 Å². The number of carbonyl (C=O) groups excluding carboxylic acids is 1. The molecule has 10 nitrogen and oxygen atoms in total. The van der Waals surface area contributed by atoms with Crippen molar-refractivity contribution >= 4 is 28.9 Å². The molecule has 0 spiro atoms. The minimum absolute atomic E-state index is 0.0218. The molecule has 168 valence electrons. The number of ether oxygens (including phenoxy) is 1. The van der Waals surface area contributed by atoms with Gasteiger partial charge in [0.2, 0.25) is 0 Å². The first kappa shape index (κ1) is 20.4. The fraction of sp³-hybridized carbons (Fsp3) is 0.429. The molecule has 3 aromatic heterocycles. The summed E-state index contributed by atoms with van der Waals surface area (Å²) in [4.78, 5) is 30.2. The number of alkyl halides is 1. The first-order chi connectivity index (χ1) is 15.5. The lowest BCUT2D eigenvalue weighted by Gasteiger charge is -2.30. The fourth-order valence-electron chi connectivity index (χ4n) is 3.94. The van der Waals surface area contributed by atoms with Crippen LogP contribution in [-0.4, -0.2) is 57.5 Å². The molecule has 3 N–H and O–H groups in total. The molecule has 3 heterocycles. The number of pyridine rings is 1. The molecular weight excluding hydrogens is 417 g/mol. The van der Waals surface area contributed by atoms with E-state index in [0.29, 0.717) is 35.8 Å². The Hall–Kier alpha value is -3.47. The lowest BCUT2D eigenvalue weighted by molar-refractivity contribution is 0.0826. The SMILES string of the molecule is CNc1cc(Nc2cccn(C3C[C@H]3OC)c2=O)nc2c(C(=O)N[C@H]3CC[C@@H]3F)cnn12. The van der Waals surface area contributed by atoms with Crippen LogP contribution in [0.2, 0.25) is 0 Å². The zero-order valence-electron chi connectivity index (χ0n) is 17.7. The van der Waals surface area contributed by atoms with Crippen molar-refractivity contribution in [1.29, 1.82) is 0 Å². The van der Waals surface area contributed by atoms with Crippen molar-refractivity contribution in [3.05, 3.63) is 46.5 Å². The summed E-state index contributed by atoms with van der Waals surface area (Å²) in [5.41, 5.74) is 0.698. The Morgan fingerprint density at radius 1 is 1.34 bits per heavy atom. The van der Waals surface area contributed by atoms with E-state index in [1.54, 1.807) is 43.1 Å². The molecule has 1 unspecified atom stereocenters. The van der Waals surface area contributed by atoms with Crippen LogP contribution in [0.15, 0.2) is 35.4 Å². The topological polar surface area (TPSA) is 115 Å². The zero-order chi connectivity index (χ0) is 22.4. The van der Waals surface area contributed by atoms with Crippen molar-refractivity contribution in [2.75, 3.05) is 24.8 Å². The summed E-state index contributed by atoms with van der Waals surface area (Å²) in [6.45, 7) is 0. The van der Waals surface area contributed by atoms with Crippen LogP contribution >= 0.6 is 0 Å². The van der Waals surface area contributed by atoms with E-state index >= 15 is 0 Å². The van der Waals surface area contributed by atoms with E-state index in [1.807, 2.05) is 0 Å². The molecule has 1 amide bonds. The molecule has 5 rings (SSSR count). The number of hydrogen-bond donors (Lipinski definition) is 3.